The van der Waals surface area contributed by atoms with E-state index in [2.05, 4.69) is 22.4 Å². The number of amides is 1. The third-order valence-corrected chi connectivity index (χ3v) is 5.36. The third kappa shape index (κ3) is 4.92. The Balaban J connectivity index is 1.56. The summed E-state index contributed by atoms with van der Waals surface area (Å²) in [7, 11) is 0. The highest BCUT2D eigenvalue weighted by atomic mass is 32.2. The van der Waals surface area contributed by atoms with Crippen LogP contribution in [0.5, 0.6) is 0 Å². The van der Waals surface area contributed by atoms with E-state index in [0.29, 0.717) is 23.8 Å². The largest absolute Gasteiger partial charge is 0.285 e. The average Bonchev–Trinajstić information content (AvgIpc) is 3.26. The van der Waals surface area contributed by atoms with Crippen LogP contribution in [0.3, 0.4) is 0 Å². The monoisotopic (exact) mass is 400 g/mol. The topological polar surface area (TPSA) is 51.0 Å². The van der Waals surface area contributed by atoms with E-state index in [-0.39, 0.29) is 5.91 Å². The number of benzene rings is 3. The number of rotatable bonds is 7. The lowest BCUT2D eigenvalue weighted by Gasteiger charge is -2.20. The summed E-state index contributed by atoms with van der Waals surface area (Å²) >= 11 is 1.66. The highest BCUT2D eigenvalue weighted by Crippen LogP contribution is 2.21. The first-order chi connectivity index (χ1) is 14.3. The quantitative estimate of drug-likeness (QED) is 0.415. The fourth-order valence-corrected chi connectivity index (χ4v) is 3.65. The molecular formula is C23H20N4OS. The van der Waals surface area contributed by atoms with Crippen molar-refractivity contribution in [2.24, 2.45) is 0 Å². The Bertz CT molecular complexity index is 1050. The van der Waals surface area contributed by atoms with Gasteiger partial charge in [-0.15, -0.1) is 16.9 Å². The van der Waals surface area contributed by atoms with Crippen LogP contribution in [-0.2, 0) is 12.4 Å². The van der Waals surface area contributed by atoms with Crippen LogP contribution in [0, 0.1) is 0 Å². The first kappa shape index (κ1) is 19.0. The maximum Gasteiger partial charge on any atom is 0.259 e. The van der Waals surface area contributed by atoms with E-state index in [1.807, 2.05) is 85.1 Å². The Morgan fingerprint density at radius 3 is 2.17 bits per heavy atom. The van der Waals surface area contributed by atoms with E-state index in [1.54, 1.807) is 21.3 Å². The standard InChI is InChI=1S/C23H20N4OS/c28-23(20-12-6-2-7-13-20)27(16-19-10-4-1-5-11-19)22-17-26(25-24-22)18-29-21-14-8-3-9-15-21/h1-15,17H,16,18H2. The summed E-state index contributed by atoms with van der Waals surface area (Å²) in [4.78, 5) is 16.0. The first-order valence-electron chi connectivity index (χ1n) is 9.28. The van der Waals surface area contributed by atoms with Crippen molar-refractivity contribution in [3.8, 4) is 0 Å². The molecule has 0 bridgehead atoms. The molecule has 4 rings (SSSR count). The Kier molecular flexibility index (Phi) is 6.02. The second kappa shape index (κ2) is 9.21. The molecule has 6 heteroatoms. The Morgan fingerprint density at radius 1 is 0.862 bits per heavy atom. The number of nitrogens with zero attached hydrogens (tertiary/aromatic N) is 4. The predicted molar refractivity (Wildman–Crippen MR) is 116 cm³/mol. The first-order valence-corrected chi connectivity index (χ1v) is 10.3. The van der Waals surface area contributed by atoms with Gasteiger partial charge in [0.25, 0.3) is 5.91 Å². The molecule has 0 saturated carbocycles. The molecule has 0 N–H and O–H groups in total. The van der Waals surface area contributed by atoms with E-state index in [4.69, 9.17) is 0 Å². The van der Waals surface area contributed by atoms with Crippen LogP contribution >= 0.6 is 11.8 Å². The zero-order valence-corrected chi connectivity index (χ0v) is 16.6. The lowest BCUT2D eigenvalue weighted by atomic mass is 10.1. The van der Waals surface area contributed by atoms with Gasteiger partial charge in [0.05, 0.1) is 18.6 Å². The summed E-state index contributed by atoms with van der Waals surface area (Å²) in [5, 5.41) is 8.50. The van der Waals surface area contributed by atoms with Crippen LogP contribution in [0.4, 0.5) is 5.82 Å². The van der Waals surface area contributed by atoms with Gasteiger partial charge in [0, 0.05) is 10.5 Å². The number of anilines is 1. The SMILES string of the molecule is O=C(c1ccccc1)N(Cc1ccccc1)c1cn(CSc2ccccc2)nn1. The van der Waals surface area contributed by atoms with Crippen LogP contribution in [0.25, 0.3) is 0 Å². The van der Waals surface area contributed by atoms with Crippen molar-refractivity contribution in [3.05, 3.63) is 108 Å². The molecule has 0 aliphatic rings. The number of carbonyl (C=O) groups excluding carboxylic acids is 1. The van der Waals surface area contributed by atoms with Gasteiger partial charge < -0.3 is 0 Å². The van der Waals surface area contributed by atoms with Crippen LogP contribution in [0.15, 0.2) is 102 Å². The van der Waals surface area contributed by atoms with Crippen molar-refractivity contribution in [3.63, 3.8) is 0 Å². The number of hydrogen-bond donors (Lipinski definition) is 0. The molecule has 1 heterocycles. The molecule has 0 radical (unpaired) electrons. The van der Waals surface area contributed by atoms with Crippen LogP contribution in [-0.4, -0.2) is 20.9 Å². The minimum Gasteiger partial charge on any atom is -0.285 e. The zero-order chi connectivity index (χ0) is 19.9. The summed E-state index contributed by atoms with van der Waals surface area (Å²) in [6.45, 7) is 0.430. The van der Waals surface area contributed by atoms with Gasteiger partial charge in [0.2, 0.25) is 0 Å². The lowest BCUT2D eigenvalue weighted by molar-refractivity contribution is 0.0984. The molecular weight excluding hydrogens is 380 g/mol. The van der Waals surface area contributed by atoms with Gasteiger partial charge in [0.1, 0.15) is 0 Å². The summed E-state index contributed by atoms with van der Waals surface area (Å²) in [6, 6.07) is 29.3. The molecule has 0 aliphatic carbocycles. The molecule has 0 unspecified atom stereocenters. The molecule has 1 amide bonds. The maximum atomic E-state index is 13.2. The average molecular weight is 401 g/mol. The van der Waals surface area contributed by atoms with Crippen molar-refractivity contribution < 1.29 is 4.79 Å². The highest BCUT2D eigenvalue weighted by Gasteiger charge is 2.21. The minimum atomic E-state index is -0.0998. The molecule has 29 heavy (non-hydrogen) atoms. The summed E-state index contributed by atoms with van der Waals surface area (Å²) in [6.07, 6.45) is 1.82. The molecule has 0 spiro atoms. The molecule has 0 saturated heterocycles. The van der Waals surface area contributed by atoms with Gasteiger partial charge in [-0.05, 0) is 29.8 Å². The number of carbonyl (C=O) groups is 1. The molecule has 0 fully saturated rings. The smallest absolute Gasteiger partial charge is 0.259 e. The fourth-order valence-electron chi connectivity index (χ4n) is 2.89. The van der Waals surface area contributed by atoms with E-state index >= 15 is 0 Å². The normalized spacial score (nSPS) is 10.6. The summed E-state index contributed by atoms with van der Waals surface area (Å²) in [5.41, 5.74) is 1.65. The molecule has 144 valence electrons. The minimum absolute atomic E-state index is 0.0998. The van der Waals surface area contributed by atoms with Gasteiger partial charge in [0.15, 0.2) is 5.82 Å². The second-order valence-electron chi connectivity index (χ2n) is 6.45. The molecule has 3 aromatic carbocycles. The predicted octanol–water partition coefficient (Wildman–Crippen LogP) is 4.87. The van der Waals surface area contributed by atoms with Gasteiger partial charge >= 0.3 is 0 Å². The van der Waals surface area contributed by atoms with Gasteiger partial charge in [-0.3, -0.25) is 9.69 Å². The zero-order valence-electron chi connectivity index (χ0n) is 15.8. The van der Waals surface area contributed by atoms with Crippen molar-refractivity contribution in [1.29, 1.82) is 0 Å². The van der Waals surface area contributed by atoms with E-state index in [0.717, 1.165) is 10.5 Å². The molecule has 0 aliphatic heterocycles. The van der Waals surface area contributed by atoms with E-state index in [9.17, 15) is 4.79 Å². The second-order valence-corrected chi connectivity index (χ2v) is 7.46. The fraction of sp³-hybridized carbons (Fsp3) is 0.0870. The summed E-state index contributed by atoms with van der Waals surface area (Å²) in [5.74, 6) is 1.06. The summed E-state index contributed by atoms with van der Waals surface area (Å²) < 4.78 is 1.75. The maximum absolute atomic E-state index is 13.2. The number of hydrogen-bond acceptors (Lipinski definition) is 4. The highest BCUT2D eigenvalue weighted by molar-refractivity contribution is 7.98. The van der Waals surface area contributed by atoms with Gasteiger partial charge in [-0.2, -0.15) is 0 Å². The number of aromatic nitrogens is 3. The van der Waals surface area contributed by atoms with Gasteiger partial charge in [-0.1, -0.05) is 71.9 Å². The van der Waals surface area contributed by atoms with E-state index < -0.39 is 0 Å². The number of thioether (sulfide) groups is 1. The van der Waals surface area contributed by atoms with E-state index in [1.165, 1.54) is 0 Å². The molecule has 5 nitrogen and oxygen atoms in total. The molecule has 0 atom stereocenters. The lowest BCUT2D eigenvalue weighted by Crippen LogP contribution is -2.30. The van der Waals surface area contributed by atoms with Crippen molar-refractivity contribution in [1.82, 2.24) is 15.0 Å². The van der Waals surface area contributed by atoms with Crippen molar-refractivity contribution in [2.75, 3.05) is 4.90 Å². The van der Waals surface area contributed by atoms with Crippen LogP contribution in [0.2, 0.25) is 0 Å². The Hall–Kier alpha value is -3.38. The van der Waals surface area contributed by atoms with Gasteiger partial charge in [-0.25, -0.2) is 4.68 Å². The third-order valence-electron chi connectivity index (χ3n) is 4.36. The Morgan fingerprint density at radius 2 is 1.48 bits per heavy atom. The van der Waals surface area contributed by atoms with Crippen molar-refractivity contribution >= 4 is 23.5 Å². The van der Waals surface area contributed by atoms with Crippen LogP contribution < -0.4 is 4.90 Å². The van der Waals surface area contributed by atoms with Crippen LogP contribution in [0.1, 0.15) is 15.9 Å². The Labute approximate surface area is 174 Å². The molecule has 1 aromatic heterocycles. The molecule has 4 aromatic rings. The van der Waals surface area contributed by atoms with Crippen molar-refractivity contribution in [2.45, 2.75) is 17.3 Å².